The Hall–Kier alpha value is -1.53. The third-order valence-corrected chi connectivity index (χ3v) is 4.20. The van der Waals surface area contributed by atoms with Gasteiger partial charge in [-0.3, -0.25) is 4.68 Å². The van der Waals surface area contributed by atoms with E-state index in [9.17, 15) is 4.55 Å². The lowest BCUT2D eigenvalue weighted by molar-refractivity contribution is 0.396. The summed E-state index contributed by atoms with van der Waals surface area (Å²) in [4.78, 5) is 0. The van der Waals surface area contributed by atoms with Crippen LogP contribution in [0.4, 0.5) is 0 Å². The van der Waals surface area contributed by atoms with E-state index >= 15 is 0 Å². The molecule has 0 unspecified atom stereocenters. The van der Waals surface area contributed by atoms with Gasteiger partial charge in [0.25, 0.3) is 0 Å². The minimum absolute atomic E-state index is 0.355. The van der Waals surface area contributed by atoms with Crippen molar-refractivity contribution >= 4 is 28.5 Å². The Bertz CT molecular complexity index is 644. The van der Waals surface area contributed by atoms with Crippen LogP contribution in [0.2, 0.25) is 0 Å². The van der Waals surface area contributed by atoms with Gasteiger partial charge in [0.1, 0.15) is 16.1 Å². The topological polar surface area (TPSA) is 62.5 Å². The van der Waals surface area contributed by atoms with Gasteiger partial charge in [0.2, 0.25) is 5.88 Å². The molecule has 2 aromatic rings. The third kappa shape index (κ3) is 2.96. The summed E-state index contributed by atoms with van der Waals surface area (Å²) in [5, 5.41) is 5.19. The van der Waals surface area contributed by atoms with Crippen molar-refractivity contribution in [2.75, 3.05) is 7.11 Å². The van der Waals surface area contributed by atoms with E-state index < -0.39 is 11.4 Å². The van der Waals surface area contributed by atoms with E-state index in [-0.39, 0.29) is 4.75 Å². The molecule has 6 heteroatoms. The van der Waals surface area contributed by atoms with Crippen LogP contribution >= 0.6 is 0 Å². The first-order chi connectivity index (χ1) is 9.32. The summed E-state index contributed by atoms with van der Waals surface area (Å²) in [5.74, 6) is 0.578. The SMILES string of the molecule is COc1nn(C)c2ccc(/C=N/[S@+]([O-])C(C)(C)C)cc12. The lowest BCUT2D eigenvalue weighted by atomic mass is 10.2. The van der Waals surface area contributed by atoms with Gasteiger partial charge in [-0.2, -0.15) is 0 Å². The number of aryl methyl sites for hydroxylation is 1. The van der Waals surface area contributed by atoms with Crippen molar-refractivity contribution < 1.29 is 9.29 Å². The Kier molecular flexibility index (Phi) is 4.06. The lowest BCUT2D eigenvalue weighted by Crippen LogP contribution is -2.25. The van der Waals surface area contributed by atoms with Crippen LogP contribution in [-0.4, -0.2) is 32.4 Å². The Morgan fingerprint density at radius 3 is 2.70 bits per heavy atom. The Labute approximate surface area is 122 Å². The molecular weight excluding hydrogens is 274 g/mol. The average Bonchev–Trinajstić information content (AvgIpc) is 2.71. The van der Waals surface area contributed by atoms with Crippen molar-refractivity contribution in [2.24, 2.45) is 11.4 Å². The molecule has 0 N–H and O–H groups in total. The largest absolute Gasteiger partial charge is 0.591 e. The minimum atomic E-state index is -1.26. The Morgan fingerprint density at radius 1 is 1.40 bits per heavy atom. The van der Waals surface area contributed by atoms with Crippen LogP contribution in [0.3, 0.4) is 0 Å². The van der Waals surface area contributed by atoms with Crippen LogP contribution < -0.4 is 4.74 Å². The molecule has 0 aliphatic carbocycles. The van der Waals surface area contributed by atoms with Crippen LogP contribution in [0.15, 0.2) is 22.6 Å². The third-order valence-electron chi connectivity index (χ3n) is 2.86. The predicted octanol–water partition coefficient (Wildman–Crippen LogP) is 2.46. The highest BCUT2D eigenvalue weighted by Gasteiger charge is 2.25. The average molecular weight is 293 g/mol. The standard InChI is InChI=1S/C14H19N3O2S/c1-14(2,3)20(18)15-9-10-6-7-12-11(8-10)13(19-5)16-17(12)4/h6-9H,1-5H3/b15-9+/t20-/m1/s1. The van der Waals surface area contributed by atoms with E-state index in [1.165, 1.54) is 0 Å². The van der Waals surface area contributed by atoms with Gasteiger partial charge in [-0.05, 0) is 38.5 Å². The fourth-order valence-corrected chi connectivity index (χ4v) is 2.28. The van der Waals surface area contributed by atoms with Crippen LogP contribution in [0.1, 0.15) is 26.3 Å². The van der Waals surface area contributed by atoms with E-state index in [4.69, 9.17) is 4.74 Å². The normalized spacial score (nSPS) is 14.1. The fourth-order valence-electron chi connectivity index (χ4n) is 1.75. The van der Waals surface area contributed by atoms with E-state index in [1.807, 2.05) is 46.0 Å². The zero-order chi connectivity index (χ0) is 14.9. The maximum atomic E-state index is 11.9. The summed E-state index contributed by atoms with van der Waals surface area (Å²) in [5.41, 5.74) is 1.86. The molecule has 5 nitrogen and oxygen atoms in total. The summed E-state index contributed by atoms with van der Waals surface area (Å²) in [7, 11) is 3.46. The van der Waals surface area contributed by atoms with Gasteiger partial charge in [-0.15, -0.1) is 5.10 Å². The highest BCUT2D eigenvalue weighted by molar-refractivity contribution is 7.91. The first-order valence-electron chi connectivity index (χ1n) is 6.30. The molecule has 0 spiro atoms. The molecule has 1 heterocycles. The first-order valence-corrected chi connectivity index (χ1v) is 7.40. The van der Waals surface area contributed by atoms with Crippen molar-refractivity contribution in [3.8, 4) is 5.88 Å². The maximum absolute atomic E-state index is 11.9. The van der Waals surface area contributed by atoms with Crippen molar-refractivity contribution in [1.29, 1.82) is 0 Å². The summed E-state index contributed by atoms with van der Waals surface area (Å²) in [6.45, 7) is 5.69. The Balaban J connectivity index is 2.35. The van der Waals surface area contributed by atoms with Gasteiger partial charge in [-0.1, -0.05) is 10.5 Å². The van der Waals surface area contributed by atoms with Crippen LogP contribution in [-0.2, 0) is 18.4 Å². The van der Waals surface area contributed by atoms with Crippen LogP contribution in [0, 0.1) is 0 Å². The number of rotatable bonds is 3. The second-order valence-corrected chi connectivity index (χ2v) is 7.44. The molecule has 2 rings (SSSR count). The van der Waals surface area contributed by atoms with Gasteiger partial charge in [0, 0.05) is 7.05 Å². The molecule has 0 fully saturated rings. The second kappa shape index (κ2) is 5.46. The Morgan fingerprint density at radius 2 is 2.10 bits per heavy atom. The zero-order valence-electron chi connectivity index (χ0n) is 12.4. The zero-order valence-corrected chi connectivity index (χ0v) is 13.2. The van der Waals surface area contributed by atoms with Crippen molar-refractivity contribution in [2.45, 2.75) is 25.5 Å². The highest BCUT2D eigenvalue weighted by Crippen LogP contribution is 2.25. The molecular formula is C14H19N3O2S. The number of methoxy groups -OCH3 is 1. The highest BCUT2D eigenvalue weighted by atomic mass is 32.2. The maximum Gasteiger partial charge on any atom is 0.240 e. The van der Waals surface area contributed by atoms with Crippen LogP contribution in [0.5, 0.6) is 5.88 Å². The summed E-state index contributed by atoms with van der Waals surface area (Å²) < 4.78 is 22.7. The van der Waals surface area contributed by atoms with E-state index in [0.29, 0.717) is 5.88 Å². The fraction of sp³-hybridized carbons (Fsp3) is 0.429. The molecule has 0 bridgehead atoms. The van der Waals surface area contributed by atoms with Crippen LogP contribution in [0.25, 0.3) is 10.9 Å². The van der Waals surface area contributed by atoms with Crippen molar-refractivity contribution in [3.63, 3.8) is 0 Å². The van der Waals surface area contributed by atoms with E-state index in [2.05, 4.69) is 9.50 Å². The van der Waals surface area contributed by atoms with E-state index in [0.717, 1.165) is 16.5 Å². The monoisotopic (exact) mass is 293 g/mol. The van der Waals surface area contributed by atoms with Crippen molar-refractivity contribution in [1.82, 2.24) is 9.78 Å². The van der Waals surface area contributed by atoms with Crippen molar-refractivity contribution in [3.05, 3.63) is 23.8 Å². The number of benzene rings is 1. The molecule has 1 aromatic heterocycles. The summed E-state index contributed by atoms with van der Waals surface area (Å²) in [6.07, 6.45) is 1.63. The number of aromatic nitrogens is 2. The number of nitrogens with zero attached hydrogens (tertiary/aromatic N) is 3. The molecule has 108 valence electrons. The molecule has 0 aliphatic rings. The second-order valence-electron chi connectivity index (χ2n) is 5.51. The number of ether oxygens (including phenoxy) is 1. The molecule has 20 heavy (non-hydrogen) atoms. The van der Waals surface area contributed by atoms with Gasteiger partial charge in [0.15, 0.2) is 0 Å². The number of hydrogen-bond acceptors (Lipinski definition) is 4. The molecule has 1 aromatic carbocycles. The summed E-state index contributed by atoms with van der Waals surface area (Å²) in [6, 6.07) is 5.81. The molecule has 1 atom stereocenters. The van der Waals surface area contributed by atoms with Gasteiger partial charge < -0.3 is 9.29 Å². The van der Waals surface area contributed by atoms with Gasteiger partial charge >= 0.3 is 0 Å². The van der Waals surface area contributed by atoms with Gasteiger partial charge in [-0.25, -0.2) is 0 Å². The molecule has 0 amide bonds. The molecule has 0 saturated carbocycles. The predicted molar refractivity (Wildman–Crippen MR) is 82.8 cm³/mol. The number of fused-ring (bicyclic) bond motifs is 1. The quantitative estimate of drug-likeness (QED) is 0.645. The minimum Gasteiger partial charge on any atom is -0.591 e. The first kappa shape index (κ1) is 14.9. The van der Waals surface area contributed by atoms with Gasteiger partial charge in [0.05, 0.1) is 24.2 Å². The van der Waals surface area contributed by atoms with E-state index in [1.54, 1.807) is 18.0 Å². The molecule has 0 aliphatic heterocycles. The summed E-state index contributed by atoms with van der Waals surface area (Å²) >= 11 is -1.26. The smallest absolute Gasteiger partial charge is 0.240 e. The molecule has 0 radical (unpaired) electrons. The number of hydrogen-bond donors (Lipinski definition) is 0. The molecule has 0 saturated heterocycles. The lowest BCUT2D eigenvalue weighted by Gasteiger charge is -2.17.